The second-order valence-corrected chi connectivity index (χ2v) is 4.89. The fourth-order valence-corrected chi connectivity index (χ4v) is 2.27. The van der Waals surface area contributed by atoms with Crippen molar-refractivity contribution in [3.63, 3.8) is 0 Å². The van der Waals surface area contributed by atoms with E-state index >= 15 is 0 Å². The molecule has 5 nitrogen and oxygen atoms in total. The molecule has 1 heterocycles. The zero-order chi connectivity index (χ0) is 10.6. The highest BCUT2D eigenvalue weighted by atomic mass is 32.2. The summed E-state index contributed by atoms with van der Waals surface area (Å²) in [6.07, 6.45) is 2.98. The van der Waals surface area contributed by atoms with Crippen molar-refractivity contribution < 1.29 is 8.42 Å². The molecule has 0 radical (unpaired) electrons. The van der Waals surface area contributed by atoms with Gasteiger partial charge in [-0.25, -0.2) is 8.42 Å². The third-order valence-electron chi connectivity index (χ3n) is 1.83. The topological polar surface area (TPSA) is 74.8 Å². The summed E-state index contributed by atoms with van der Waals surface area (Å²) in [5.74, 6) is 0.621. The van der Waals surface area contributed by atoms with Crippen LogP contribution in [0.1, 0.15) is 25.8 Å². The first-order valence-corrected chi connectivity index (χ1v) is 6.27. The Hall–Kier alpha value is -1.04. The molecule has 2 N–H and O–H groups in total. The number of rotatable bonds is 5. The molecule has 0 aromatic carbocycles. The van der Waals surface area contributed by atoms with Crippen LogP contribution in [0.3, 0.4) is 0 Å². The van der Waals surface area contributed by atoms with Crippen LogP contribution < -0.4 is 4.72 Å². The first kappa shape index (κ1) is 11.0. The number of hydrogen-bond donors (Lipinski definition) is 2. The summed E-state index contributed by atoms with van der Waals surface area (Å²) < 4.78 is 25.3. The van der Waals surface area contributed by atoms with Crippen LogP contribution in [0.2, 0.25) is 0 Å². The second kappa shape index (κ2) is 4.45. The molecule has 0 unspecified atom stereocenters. The molecule has 80 valence electrons. The van der Waals surface area contributed by atoms with Crippen LogP contribution in [0.5, 0.6) is 0 Å². The second-order valence-electron chi connectivity index (χ2n) is 3.04. The highest BCUT2D eigenvalue weighted by Gasteiger charge is 2.12. The molecule has 0 atom stereocenters. The SMILES string of the molecule is CCCS(=O)(=O)Nc1[nH]ncc1CC. The molecule has 1 rings (SSSR count). The van der Waals surface area contributed by atoms with E-state index in [-0.39, 0.29) is 5.75 Å². The van der Waals surface area contributed by atoms with Gasteiger partial charge < -0.3 is 0 Å². The van der Waals surface area contributed by atoms with Gasteiger partial charge in [0.2, 0.25) is 10.0 Å². The smallest absolute Gasteiger partial charge is 0.233 e. The van der Waals surface area contributed by atoms with Gasteiger partial charge >= 0.3 is 0 Å². The van der Waals surface area contributed by atoms with Gasteiger partial charge in [0.25, 0.3) is 0 Å². The van der Waals surface area contributed by atoms with Gasteiger partial charge in [0, 0.05) is 5.56 Å². The molecule has 0 aliphatic carbocycles. The maximum Gasteiger partial charge on any atom is 0.233 e. The van der Waals surface area contributed by atoms with Crippen molar-refractivity contribution in [3.05, 3.63) is 11.8 Å². The third-order valence-corrected chi connectivity index (χ3v) is 3.29. The summed E-state index contributed by atoms with van der Waals surface area (Å²) in [6, 6.07) is 0. The van der Waals surface area contributed by atoms with Crippen molar-refractivity contribution in [2.75, 3.05) is 10.5 Å². The standard InChI is InChI=1S/C8H15N3O2S/c1-3-5-14(12,13)11-8-7(4-2)6-9-10-8/h6H,3-5H2,1-2H3,(H2,9,10,11). The summed E-state index contributed by atoms with van der Waals surface area (Å²) >= 11 is 0. The molecule has 0 saturated heterocycles. The van der Waals surface area contributed by atoms with Crippen molar-refractivity contribution in [2.24, 2.45) is 0 Å². The van der Waals surface area contributed by atoms with Gasteiger partial charge in [0.15, 0.2) is 0 Å². The molecule has 0 amide bonds. The normalized spacial score (nSPS) is 11.6. The molecule has 0 aliphatic rings. The molecule has 0 bridgehead atoms. The van der Waals surface area contributed by atoms with Crippen LogP contribution in [-0.4, -0.2) is 24.4 Å². The summed E-state index contributed by atoms with van der Waals surface area (Å²) in [4.78, 5) is 0. The number of sulfonamides is 1. The van der Waals surface area contributed by atoms with Crippen molar-refractivity contribution in [1.82, 2.24) is 10.2 Å². The molecular formula is C8H15N3O2S. The minimum absolute atomic E-state index is 0.134. The Kier molecular flexibility index (Phi) is 3.51. The van der Waals surface area contributed by atoms with Gasteiger partial charge in [0.1, 0.15) is 5.82 Å². The fraction of sp³-hybridized carbons (Fsp3) is 0.625. The Bertz CT molecular complexity index is 383. The molecule has 6 heteroatoms. The Labute approximate surface area is 84.0 Å². The largest absolute Gasteiger partial charge is 0.267 e. The number of nitrogens with zero attached hydrogens (tertiary/aromatic N) is 1. The van der Waals surface area contributed by atoms with Gasteiger partial charge in [-0.05, 0) is 12.8 Å². The van der Waals surface area contributed by atoms with Crippen LogP contribution in [0.15, 0.2) is 6.20 Å². The number of aromatic nitrogens is 2. The predicted octanol–water partition coefficient (Wildman–Crippen LogP) is 1.12. The van der Waals surface area contributed by atoms with Crippen LogP contribution in [0.4, 0.5) is 5.82 Å². The molecule has 14 heavy (non-hydrogen) atoms. The lowest BCUT2D eigenvalue weighted by Gasteiger charge is -2.05. The molecule has 0 saturated carbocycles. The summed E-state index contributed by atoms with van der Waals surface area (Å²) in [7, 11) is -3.21. The highest BCUT2D eigenvalue weighted by molar-refractivity contribution is 7.92. The third kappa shape index (κ3) is 2.73. The molecular weight excluding hydrogens is 202 g/mol. The zero-order valence-corrected chi connectivity index (χ0v) is 9.19. The highest BCUT2D eigenvalue weighted by Crippen LogP contribution is 2.13. The van der Waals surface area contributed by atoms with Crippen LogP contribution in [0, 0.1) is 0 Å². The monoisotopic (exact) mass is 217 g/mol. The summed E-state index contributed by atoms with van der Waals surface area (Å²) in [5, 5.41) is 6.42. The molecule has 0 aliphatic heterocycles. The minimum atomic E-state index is -3.21. The minimum Gasteiger partial charge on any atom is -0.267 e. The predicted molar refractivity (Wildman–Crippen MR) is 55.7 cm³/mol. The summed E-state index contributed by atoms with van der Waals surface area (Å²) in [5.41, 5.74) is 0.879. The first-order chi connectivity index (χ1) is 6.59. The average molecular weight is 217 g/mol. The van der Waals surface area contributed by atoms with Crippen molar-refractivity contribution in [2.45, 2.75) is 26.7 Å². The first-order valence-electron chi connectivity index (χ1n) is 4.61. The van der Waals surface area contributed by atoms with Crippen LogP contribution >= 0.6 is 0 Å². The molecule has 0 fully saturated rings. The van der Waals surface area contributed by atoms with E-state index in [4.69, 9.17) is 0 Å². The number of aromatic amines is 1. The Morgan fingerprint density at radius 1 is 1.50 bits per heavy atom. The molecule has 1 aromatic rings. The number of nitrogens with one attached hydrogen (secondary N) is 2. The van der Waals surface area contributed by atoms with E-state index in [9.17, 15) is 8.42 Å². The van der Waals surface area contributed by atoms with E-state index in [2.05, 4.69) is 14.9 Å². The number of H-pyrrole nitrogens is 1. The Balaban J connectivity index is 2.78. The lowest BCUT2D eigenvalue weighted by atomic mass is 10.3. The Morgan fingerprint density at radius 3 is 2.79 bits per heavy atom. The van der Waals surface area contributed by atoms with E-state index in [1.807, 2.05) is 13.8 Å². The van der Waals surface area contributed by atoms with E-state index in [1.54, 1.807) is 6.20 Å². The van der Waals surface area contributed by atoms with E-state index in [0.717, 1.165) is 12.0 Å². The van der Waals surface area contributed by atoms with Crippen LogP contribution in [-0.2, 0) is 16.4 Å². The lowest BCUT2D eigenvalue weighted by Crippen LogP contribution is -2.17. The van der Waals surface area contributed by atoms with Gasteiger partial charge in [-0.3, -0.25) is 9.82 Å². The van der Waals surface area contributed by atoms with E-state index in [0.29, 0.717) is 12.2 Å². The maximum atomic E-state index is 11.4. The maximum absolute atomic E-state index is 11.4. The molecule has 1 aromatic heterocycles. The van der Waals surface area contributed by atoms with Crippen molar-refractivity contribution in [1.29, 1.82) is 0 Å². The van der Waals surface area contributed by atoms with E-state index < -0.39 is 10.0 Å². The number of anilines is 1. The fourth-order valence-electron chi connectivity index (χ4n) is 1.14. The van der Waals surface area contributed by atoms with Crippen molar-refractivity contribution >= 4 is 15.8 Å². The average Bonchev–Trinajstić information content (AvgIpc) is 2.50. The number of hydrogen-bond acceptors (Lipinski definition) is 3. The van der Waals surface area contributed by atoms with Gasteiger partial charge in [-0.2, -0.15) is 5.10 Å². The Morgan fingerprint density at radius 2 is 2.21 bits per heavy atom. The molecule has 0 spiro atoms. The lowest BCUT2D eigenvalue weighted by molar-refractivity contribution is 0.599. The quantitative estimate of drug-likeness (QED) is 0.776. The summed E-state index contributed by atoms with van der Waals surface area (Å²) in [6.45, 7) is 3.77. The van der Waals surface area contributed by atoms with Crippen molar-refractivity contribution in [3.8, 4) is 0 Å². The zero-order valence-electron chi connectivity index (χ0n) is 8.37. The van der Waals surface area contributed by atoms with E-state index in [1.165, 1.54) is 0 Å². The number of aryl methyl sites for hydroxylation is 1. The van der Waals surface area contributed by atoms with Gasteiger partial charge in [-0.1, -0.05) is 13.8 Å². The van der Waals surface area contributed by atoms with Crippen LogP contribution in [0.25, 0.3) is 0 Å². The van der Waals surface area contributed by atoms with Gasteiger partial charge in [0.05, 0.1) is 11.9 Å². The van der Waals surface area contributed by atoms with Gasteiger partial charge in [-0.15, -0.1) is 0 Å².